The summed E-state index contributed by atoms with van der Waals surface area (Å²) in [5.41, 5.74) is 13.9. The van der Waals surface area contributed by atoms with E-state index in [-0.39, 0.29) is 5.92 Å². The van der Waals surface area contributed by atoms with Gasteiger partial charge in [0.05, 0.1) is 27.5 Å². The molecule has 51 heavy (non-hydrogen) atoms. The van der Waals surface area contributed by atoms with Crippen molar-refractivity contribution in [3.8, 4) is 28.2 Å². The summed E-state index contributed by atoms with van der Waals surface area (Å²) in [6.45, 7) is 9.24. The average Bonchev–Trinajstić information content (AvgIpc) is 3.65. The molecule has 3 aliphatic carbocycles. The molecule has 242 valence electrons. The highest BCUT2D eigenvalue weighted by molar-refractivity contribution is 6.10. The molecule has 7 aromatic rings. The second-order valence-electron chi connectivity index (χ2n) is 13.7. The SMILES string of the molecule is C=c1c2c3c4c(c(-c5ccccc5)cc3n1-c1nc(/C=C/C=C\C)c3ccccc3n1)-c1ccccc1C4(c1ccccc1)C1=CC=C[C@H](C)C=21. The number of nitrogens with zero attached hydrogens (tertiary/aromatic N) is 3. The van der Waals surface area contributed by atoms with E-state index in [1.54, 1.807) is 0 Å². The fourth-order valence-corrected chi connectivity index (χ4v) is 9.12. The molecular formula is C48H35N3. The fourth-order valence-electron chi connectivity index (χ4n) is 9.12. The zero-order valence-electron chi connectivity index (χ0n) is 28.6. The van der Waals surface area contributed by atoms with Crippen LogP contribution in [-0.2, 0) is 5.41 Å². The van der Waals surface area contributed by atoms with Crippen LogP contribution >= 0.6 is 0 Å². The molecule has 0 saturated heterocycles. The predicted octanol–water partition coefficient (Wildman–Crippen LogP) is 9.85. The van der Waals surface area contributed by atoms with Gasteiger partial charge in [-0.2, -0.15) is 0 Å². The molecule has 5 aromatic carbocycles. The van der Waals surface area contributed by atoms with Crippen molar-refractivity contribution in [2.24, 2.45) is 5.92 Å². The van der Waals surface area contributed by atoms with Crippen molar-refractivity contribution in [1.82, 2.24) is 14.5 Å². The Bertz CT molecular complexity index is 2830. The summed E-state index contributed by atoms with van der Waals surface area (Å²) in [4.78, 5) is 10.6. The number of aromatic nitrogens is 3. The van der Waals surface area contributed by atoms with Crippen molar-refractivity contribution in [3.05, 3.63) is 190 Å². The minimum absolute atomic E-state index is 0.181. The van der Waals surface area contributed by atoms with Crippen LogP contribution < -0.4 is 10.6 Å². The van der Waals surface area contributed by atoms with E-state index in [1.165, 1.54) is 60.7 Å². The molecule has 3 nitrogen and oxygen atoms in total. The molecule has 0 N–H and O–H groups in total. The molecule has 0 amide bonds. The van der Waals surface area contributed by atoms with Gasteiger partial charge in [-0.1, -0.05) is 153 Å². The third kappa shape index (κ3) is 3.95. The third-order valence-electron chi connectivity index (χ3n) is 11.1. The van der Waals surface area contributed by atoms with Crippen LogP contribution in [0.15, 0.2) is 157 Å². The lowest BCUT2D eigenvalue weighted by molar-refractivity contribution is 0.745. The van der Waals surface area contributed by atoms with Crippen LogP contribution in [0.4, 0.5) is 0 Å². The van der Waals surface area contributed by atoms with Crippen LogP contribution in [-0.4, -0.2) is 14.5 Å². The van der Waals surface area contributed by atoms with Crippen LogP contribution in [0.5, 0.6) is 0 Å². The number of benzene rings is 5. The summed E-state index contributed by atoms with van der Waals surface area (Å²) in [5, 5.41) is 4.37. The Kier molecular flexibility index (Phi) is 6.44. The van der Waals surface area contributed by atoms with Gasteiger partial charge in [-0.05, 0) is 75.2 Å². The van der Waals surface area contributed by atoms with Gasteiger partial charge in [-0.25, -0.2) is 9.97 Å². The fraction of sp³-hybridized carbons (Fsp3) is 0.0833. The second-order valence-corrected chi connectivity index (χ2v) is 13.7. The smallest absolute Gasteiger partial charge is 0.235 e. The summed E-state index contributed by atoms with van der Waals surface area (Å²) in [6, 6.07) is 41.7. The zero-order valence-corrected chi connectivity index (χ0v) is 28.6. The van der Waals surface area contributed by atoms with E-state index in [9.17, 15) is 0 Å². The Morgan fingerprint density at radius 1 is 0.804 bits per heavy atom. The summed E-state index contributed by atoms with van der Waals surface area (Å²) < 4.78 is 2.23. The maximum atomic E-state index is 5.30. The third-order valence-corrected chi connectivity index (χ3v) is 11.1. The molecule has 0 fully saturated rings. The Balaban J connectivity index is 1.45. The molecule has 10 rings (SSSR count). The van der Waals surface area contributed by atoms with Gasteiger partial charge in [0.2, 0.25) is 5.95 Å². The van der Waals surface area contributed by atoms with Gasteiger partial charge in [-0.3, -0.25) is 4.57 Å². The van der Waals surface area contributed by atoms with Crippen molar-refractivity contribution in [3.63, 3.8) is 0 Å². The van der Waals surface area contributed by atoms with Gasteiger partial charge >= 0.3 is 0 Å². The Morgan fingerprint density at radius 2 is 1.55 bits per heavy atom. The molecule has 0 aliphatic heterocycles. The lowest BCUT2D eigenvalue weighted by Gasteiger charge is -2.41. The number of hydrogen-bond acceptors (Lipinski definition) is 2. The highest BCUT2D eigenvalue weighted by atomic mass is 15.2. The van der Waals surface area contributed by atoms with Crippen LogP contribution in [0.25, 0.3) is 68.2 Å². The first kappa shape index (κ1) is 29.6. The van der Waals surface area contributed by atoms with E-state index in [2.05, 4.69) is 145 Å². The van der Waals surface area contributed by atoms with Crippen LogP contribution in [0.3, 0.4) is 0 Å². The molecule has 0 radical (unpaired) electrons. The average molecular weight is 654 g/mol. The topological polar surface area (TPSA) is 30.7 Å². The molecule has 3 aliphatic rings. The maximum absolute atomic E-state index is 5.30. The maximum Gasteiger partial charge on any atom is 0.235 e. The van der Waals surface area contributed by atoms with Crippen LogP contribution in [0, 0.1) is 5.92 Å². The Hall–Kier alpha value is -6.32. The molecule has 2 heterocycles. The normalized spacial score (nSPS) is 18.6. The largest absolute Gasteiger partial charge is 0.278 e. The van der Waals surface area contributed by atoms with Crippen molar-refractivity contribution >= 4 is 40.0 Å². The number of rotatable bonds is 5. The molecule has 2 atom stereocenters. The highest BCUT2D eigenvalue weighted by Gasteiger charge is 2.53. The molecule has 0 saturated carbocycles. The summed E-state index contributed by atoms with van der Waals surface area (Å²) >= 11 is 0. The Morgan fingerprint density at radius 3 is 2.37 bits per heavy atom. The van der Waals surface area contributed by atoms with Crippen molar-refractivity contribution < 1.29 is 0 Å². The molecule has 3 heteroatoms. The monoisotopic (exact) mass is 653 g/mol. The first-order valence-corrected chi connectivity index (χ1v) is 17.7. The number of allylic oxidation sites excluding steroid dienone is 7. The lowest BCUT2D eigenvalue weighted by Crippen LogP contribution is -2.41. The molecule has 1 unspecified atom stereocenters. The molecule has 0 bridgehead atoms. The van der Waals surface area contributed by atoms with Crippen LogP contribution in [0.2, 0.25) is 0 Å². The van der Waals surface area contributed by atoms with Gasteiger partial charge in [-0.15, -0.1) is 0 Å². The van der Waals surface area contributed by atoms with Crippen molar-refractivity contribution in [2.45, 2.75) is 19.3 Å². The van der Waals surface area contributed by atoms with E-state index >= 15 is 0 Å². The lowest BCUT2D eigenvalue weighted by atomic mass is 9.59. The van der Waals surface area contributed by atoms with Gasteiger partial charge in [0, 0.05) is 21.9 Å². The first-order valence-electron chi connectivity index (χ1n) is 17.7. The summed E-state index contributed by atoms with van der Waals surface area (Å²) in [6.07, 6.45) is 15.1. The molecular weight excluding hydrogens is 619 g/mol. The molecule has 0 spiro atoms. The summed E-state index contributed by atoms with van der Waals surface area (Å²) in [7, 11) is 0. The van der Waals surface area contributed by atoms with Gasteiger partial charge in [0.25, 0.3) is 0 Å². The number of para-hydroxylation sites is 1. The van der Waals surface area contributed by atoms with Gasteiger partial charge in [0.15, 0.2) is 0 Å². The zero-order chi connectivity index (χ0) is 34.3. The minimum atomic E-state index is -0.513. The van der Waals surface area contributed by atoms with Crippen molar-refractivity contribution in [1.29, 1.82) is 0 Å². The second kappa shape index (κ2) is 11.1. The summed E-state index contributed by atoms with van der Waals surface area (Å²) in [5.74, 6) is 0.807. The quantitative estimate of drug-likeness (QED) is 0.173. The van der Waals surface area contributed by atoms with E-state index in [4.69, 9.17) is 16.5 Å². The van der Waals surface area contributed by atoms with E-state index in [0.29, 0.717) is 5.95 Å². The Labute approximate surface area is 297 Å². The minimum Gasteiger partial charge on any atom is -0.278 e. The van der Waals surface area contributed by atoms with E-state index in [0.717, 1.165) is 27.5 Å². The van der Waals surface area contributed by atoms with Crippen molar-refractivity contribution in [2.75, 3.05) is 0 Å². The highest BCUT2D eigenvalue weighted by Crippen LogP contribution is 2.63. The van der Waals surface area contributed by atoms with E-state index in [1.807, 2.05) is 31.2 Å². The first-order chi connectivity index (χ1) is 25.1. The van der Waals surface area contributed by atoms with Gasteiger partial charge < -0.3 is 0 Å². The van der Waals surface area contributed by atoms with E-state index < -0.39 is 5.41 Å². The standard InChI is InChI=1S/C48H35N3/c1-4-5-8-27-39-35-24-14-16-28-40(35)50-47(49-39)51-31(3)43-42-30(2)18-17-26-38(42)48(33-21-11-7-12-22-33)37-25-15-13-23-34(37)44-36(32-19-9-6-10-20-32)29-41(51)45(43)46(44)48/h4-30H,3H2,1-2H3/b5-4-,27-8+/t30-,48?/m0/s1. The number of fused-ring (bicyclic) bond motifs is 6. The van der Waals surface area contributed by atoms with Gasteiger partial charge in [0.1, 0.15) is 0 Å². The van der Waals surface area contributed by atoms with Crippen LogP contribution in [0.1, 0.15) is 36.2 Å². The number of hydrogen-bond donors (Lipinski definition) is 0. The molecule has 2 aromatic heterocycles. The predicted molar refractivity (Wildman–Crippen MR) is 212 cm³/mol.